The van der Waals surface area contributed by atoms with E-state index in [4.69, 9.17) is 10.6 Å². The Morgan fingerprint density at radius 1 is 1.32 bits per heavy atom. The van der Waals surface area contributed by atoms with Crippen molar-refractivity contribution in [3.05, 3.63) is 59.2 Å². The lowest BCUT2D eigenvalue weighted by Gasteiger charge is -2.18. The Morgan fingerprint density at radius 3 is 2.68 bits per heavy atom. The smallest absolute Gasteiger partial charge is 0.170 e. The summed E-state index contributed by atoms with van der Waals surface area (Å²) in [4.78, 5) is 4.20. The molecule has 0 fully saturated rings. The zero-order chi connectivity index (χ0) is 13.8. The number of nitrogens with one attached hydrogen (secondary N) is 1. The van der Waals surface area contributed by atoms with Crippen molar-refractivity contribution < 1.29 is 9.13 Å². The number of benzene rings is 1. The predicted octanol–water partition coefficient (Wildman–Crippen LogP) is 2.09. The van der Waals surface area contributed by atoms with Gasteiger partial charge in [0.05, 0.1) is 13.2 Å². The van der Waals surface area contributed by atoms with E-state index in [-0.39, 0.29) is 5.75 Å². The van der Waals surface area contributed by atoms with Gasteiger partial charge in [0.2, 0.25) is 0 Å². The van der Waals surface area contributed by atoms with E-state index in [0.29, 0.717) is 5.56 Å². The molecule has 4 nitrogen and oxygen atoms in total. The number of ether oxygens (including phenoxy) is 1. The van der Waals surface area contributed by atoms with Gasteiger partial charge >= 0.3 is 0 Å². The molecule has 19 heavy (non-hydrogen) atoms. The van der Waals surface area contributed by atoms with Crippen molar-refractivity contribution in [3.8, 4) is 5.75 Å². The molecule has 0 saturated carbocycles. The maximum atomic E-state index is 14.2. The monoisotopic (exact) mass is 261 g/mol. The Hall–Kier alpha value is -1.98. The van der Waals surface area contributed by atoms with Crippen molar-refractivity contribution in [2.75, 3.05) is 7.11 Å². The lowest BCUT2D eigenvalue weighted by atomic mass is 9.99. The van der Waals surface area contributed by atoms with Gasteiger partial charge in [0.15, 0.2) is 11.6 Å². The molecule has 1 unspecified atom stereocenters. The van der Waals surface area contributed by atoms with E-state index in [2.05, 4.69) is 10.4 Å². The lowest BCUT2D eigenvalue weighted by Crippen LogP contribution is -2.29. The molecule has 100 valence electrons. The van der Waals surface area contributed by atoms with Gasteiger partial charge < -0.3 is 4.74 Å². The maximum absolute atomic E-state index is 14.2. The highest BCUT2D eigenvalue weighted by Crippen LogP contribution is 2.28. The summed E-state index contributed by atoms with van der Waals surface area (Å²) in [6.07, 6.45) is 1.68. The second kappa shape index (κ2) is 5.77. The summed E-state index contributed by atoms with van der Waals surface area (Å²) in [5.41, 5.74) is 4.72. The summed E-state index contributed by atoms with van der Waals surface area (Å²) in [5.74, 6) is 5.32. The van der Waals surface area contributed by atoms with E-state index in [0.717, 1.165) is 11.3 Å². The Bertz CT molecular complexity index is 557. The molecule has 0 aliphatic carbocycles. The third-order valence-electron chi connectivity index (χ3n) is 2.96. The van der Waals surface area contributed by atoms with Gasteiger partial charge in [0.25, 0.3) is 0 Å². The number of halogens is 1. The fourth-order valence-electron chi connectivity index (χ4n) is 1.92. The van der Waals surface area contributed by atoms with Crippen molar-refractivity contribution in [1.82, 2.24) is 10.4 Å². The average Bonchev–Trinajstić information content (AvgIpc) is 2.43. The molecule has 0 aliphatic heterocycles. The van der Waals surface area contributed by atoms with Crippen molar-refractivity contribution in [1.29, 1.82) is 0 Å². The van der Waals surface area contributed by atoms with Crippen LogP contribution >= 0.6 is 0 Å². The fourth-order valence-corrected chi connectivity index (χ4v) is 1.92. The highest BCUT2D eigenvalue weighted by atomic mass is 19.1. The van der Waals surface area contributed by atoms with Gasteiger partial charge in [0, 0.05) is 17.5 Å². The molecule has 0 saturated heterocycles. The molecule has 0 spiro atoms. The van der Waals surface area contributed by atoms with Crippen LogP contribution in [0.4, 0.5) is 4.39 Å². The minimum Gasteiger partial charge on any atom is -0.494 e. The number of pyridine rings is 1. The first-order chi connectivity index (χ1) is 9.17. The maximum Gasteiger partial charge on any atom is 0.170 e. The summed E-state index contributed by atoms with van der Waals surface area (Å²) >= 11 is 0. The number of nitrogens with two attached hydrogens (primary N) is 1. The molecule has 0 amide bonds. The largest absolute Gasteiger partial charge is 0.494 e. The number of aromatic nitrogens is 1. The van der Waals surface area contributed by atoms with Crippen LogP contribution in [0.25, 0.3) is 0 Å². The van der Waals surface area contributed by atoms with E-state index in [1.54, 1.807) is 24.4 Å². The first-order valence-corrected chi connectivity index (χ1v) is 5.88. The molecule has 2 aromatic rings. The van der Waals surface area contributed by atoms with Crippen molar-refractivity contribution >= 4 is 0 Å². The summed E-state index contributed by atoms with van der Waals surface area (Å²) in [6.45, 7) is 1.89. The third kappa shape index (κ3) is 2.72. The number of rotatable bonds is 4. The zero-order valence-corrected chi connectivity index (χ0v) is 10.9. The molecule has 5 heteroatoms. The molecule has 2 rings (SSSR count). The molecule has 1 aromatic carbocycles. The van der Waals surface area contributed by atoms with E-state index in [1.807, 2.05) is 19.1 Å². The molecular weight excluding hydrogens is 245 g/mol. The highest BCUT2D eigenvalue weighted by molar-refractivity contribution is 5.37. The van der Waals surface area contributed by atoms with Crippen LogP contribution in [0, 0.1) is 12.7 Å². The number of nitrogens with zero attached hydrogens (tertiary/aromatic N) is 1. The van der Waals surface area contributed by atoms with Crippen LogP contribution in [0.1, 0.15) is 22.9 Å². The Balaban J connectivity index is 2.45. The van der Waals surface area contributed by atoms with Crippen LogP contribution in [0.3, 0.4) is 0 Å². The van der Waals surface area contributed by atoms with E-state index in [1.165, 1.54) is 7.11 Å². The minimum atomic E-state index is -0.469. The van der Waals surface area contributed by atoms with E-state index < -0.39 is 11.9 Å². The van der Waals surface area contributed by atoms with Gasteiger partial charge in [0.1, 0.15) is 0 Å². The summed E-state index contributed by atoms with van der Waals surface area (Å²) in [5, 5.41) is 0. The van der Waals surface area contributed by atoms with Crippen molar-refractivity contribution in [2.45, 2.75) is 13.0 Å². The Morgan fingerprint density at radius 2 is 2.11 bits per heavy atom. The minimum absolute atomic E-state index is 0.192. The van der Waals surface area contributed by atoms with Crippen LogP contribution in [-0.2, 0) is 0 Å². The van der Waals surface area contributed by atoms with Crippen LogP contribution in [0.5, 0.6) is 5.75 Å². The van der Waals surface area contributed by atoms with E-state index in [9.17, 15) is 4.39 Å². The number of methoxy groups -OCH3 is 1. The van der Waals surface area contributed by atoms with Gasteiger partial charge in [-0.3, -0.25) is 10.8 Å². The lowest BCUT2D eigenvalue weighted by molar-refractivity contribution is 0.381. The summed E-state index contributed by atoms with van der Waals surface area (Å²) in [6, 6.07) is 8.22. The molecule has 1 heterocycles. The Kier molecular flexibility index (Phi) is 4.09. The molecular formula is C14H16FN3O. The SMILES string of the molecule is COc1cccc(C(NN)c2ccc(C)nc2)c1F. The third-order valence-corrected chi connectivity index (χ3v) is 2.96. The number of hydrogen-bond donors (Lipinski definition) is 2. The second-order valence-electron chi connectivity index (χ2n) is 4.20. The first-order valence-electron chi connectivity index (χ1n) is 5.88. The van der Waals surface area contributed by atoms with Crippen LogP contribution < -0.4 is 16.0 Å². The van der Waals surface area contributed by atoms with Crippen LogP contribution in [0.15, 0.2) is 36.5 Å². The fraction of sp³-hybridized carbons (Fsp3) is 0.214. The van der Waals surface area contributed by atoms with E-state index >= 15 is 0 Å². The average molecular weight is 261 g/mol. The quantitative estimate of drug-likeness (QED) is 0.653. The topological polar surface area (TPSA) is 60.2 Å². The molecule has 1 aromatic heterocycles. The second-order valence-corrected chi connectivity index (χ2v) is 4.20. The van der Waals surface area contributed by atoms with Gasteiger partial charge in [-0.05, 0) is 24.6 Å². The molecule has 3 N–H and O–H groups in total. The summed E-state index contributed by atoms with van der Waals surface area (Å²) < 4.78 is 19.2. The standard InChI is InChI=1S/C14H16FN3O/c1-9-6-7-10(8-17-9)14(18-16)11-4-3-5-12(19-2)13(11)15/h3-8,14,18H,16H2,1-2H3. The zero-order valence-electron chi connectivity index (χ0n) is 10.9. The summed E-state index contributed by atoms with van der Waals surface area (Å²) in [7, 11) is 1.43. The first kappa shape index (κ1) is 13.5. The predicted molar refractivity (Wildman–Crippen MR) is 71.1 cm³/mol. The van der Waals surface area contributed by atoms with Crippen LogP contribution in [-0.4, -0.2) is 12.1 Å². The van der Waals surface area contributed by atoms with Crippen molar-refractivity contribution in [3.63, 3.8) is 0 Å². The van der Waals surface area contributed by atoms with Gasteiger partial charge in [-0.15, -0.1) is 0 Å². The molecule has 0 radical (unpaired) electrons. The number of hydrogen-bond acceptors (Lipinski definition) is 4. The van der Waals surface area contributed by atoms with Crippen molar-refractivity contribution in [2.24, 2.45) is 5.84 Å². The normalized spacial score (nSPS) is 12.2. The molecule has 1 atom stereocenters. The van der Waals surface area contributed by atoms with Gasteiger partial charge in [-0.25, -0.2) is 9.82 Å². The van der Waals surface area contributed by atoms with Gasteiger partial charge in [-0.1, -0.05) is 18.2 Å². The molecule has 0 bridgehead atoms. The Labute approximate surface area is 111 Å². The van der Waals surface area contributed by atoms with Gasteiger partial charge in [-0.2, -0.15) is 0 Å². The molecule has 0 aliphatic rings. The number of aryl methyl sites for hydroxylation is 1. The number of hydrazine groups is 1. The highest BCUT2D eigenvalue weighted by Gasteiger charge is 2.19. The van der Waals surface area contributed by atoms with Crippen LogP contribution in [0.2, 0.25) is 0 Å².